The summed E-state index contributed by atoms with van der Waals surface area (Å²) < 4.78 is 1.93. The molecule has 2 aromatic heterocycles. The molecule has 114 valence electrons. The molecule has 1 aliphatic rings. The fourth-order valence-electron chi connectivity index (χ4n) is 2.88. The minimum absolute atomic E-state index is 0.200. The lowest BCUT2D eigenvalue weighted by atomic mass is 10.2. The molecule has 0 fully saturated rings. The Kier molecular flexibility index (Phi) is 4.69. The summed E-state index contributed by atoms with van der Waals surface area (Å²) in [5.41, 5.74) is 1.50. The molecule has 0 atom stereocenters. The van der Waals surface area contributed by atoms with E-state index in [2.05, 4.69) is 13.8 Å². The van der Waals surface area contributed by atoms with Crippen molar-refractivity contribution >= 4 is 33.3 Å². The molecule has 0 bridgehead atoms. The van der Waals surface area contributed by atoms with Gasteiger partial charge < -0.3 is 0 Å². The molecule has 1 aliphatic carbocycles. The van der Waals surface area contributed by atoms with Crippen LogP contribution >= 0.6 is 23.1 Å². The van der Waals surface area contributed by atoms with E-state index in [0.29, 0.717) is 0 Å². The molecule has 2 aromatic rings. The third-order valence-corrected chi connectivity index (χ3v) is 6.33. The van der Waals surface area contributed by atoms with Crippen LogP contribution in [-0.4, -0.2) is 15.3 Å². The monoisotopic (exact) mass is 322 g/mol. The summed E-state index contributed by atoms with van der Waals surface area (Å²) in [4.78, 5) is 20.2. The fraction of sp³-hybridized carbons (Fsp3) is 0.625. The van der Waals surface area contributed by atoms with E-state index >= 15 is 0 Å². The number of aryl methyl sites for hydroxylation is 2. The molecular formula is C16H22N2OS2. The highest BCUT2D eigenvalue weighted by atomic mass is 32.2. The number of thioether (sulfide) groups is 1. The molecule has 3 nitrogen and oxygen atoms in total. The van der Waals surface area contributed by atoms with Gasteiger partial charge in [0.15, 0.2) is 5.16 Å². The molecule has 0 aliphatic heterocycles. The van der Waals surface area contributed by atoms with E-state index in [-0.39, 0.29) is 5.56 Å². The number of hydrogen-bond acceptors (Lipinski definition) is 4. The molecular weight excluding hydrogens is 300 g/mol. The van der Waals surface area contributed by atoms with E-state index in [1.165, 1.54) is 16.9 Å². The van der Waals surface area contributed by atoms with Gasteiger partial charge >= 0.3 is 0 Å². The van der Waals surface area contributed by atoms with Crippen molar-refractivity contribution in [2.24, 2.45) is 0 Å². The Morgan fingerprint density at radius 3 is 2.90 bits per heavy atom. The standard InChI is InChI=1S/C16H22N2OS2/c1-3-5-9-18-15(19)13-11-7-6-8-12(11)21-14(13)17-16(18)20-10-4-2/h3-10H2,1-2H3. The highest BCUT2D eigenvalue weighted by molar-refractivity contribution is 7.99. The molecule has 0 saturated carbocycles. The topological polar surface area (TPSA) is 34.9 Å². The Hall–Kier alpha value is -0.810. The van der Waals surface area contributed by atoms with Gasteiger partial charge in [-0.25, -0.2) is 4.98 Å². The zero-order valence-corrected chi connectivity index (χ0v) is 14.4. The predicted molar refractivity (Wildman–Crippen MR) is 91.8 cm³/mol. The maximum atomic E-state index is 13.0. The van der Waals surface area contributed by atoms with E-state index < -0.39 is 0 Å². The molecule has 2 heterocycles. The Bertz CT molecular complexity index is 702. The second-order valence-corrected chi connectivity index (χ2v) is 7.74. The lowest BCUT2D eigenvalue weighted by Crippen LogP contribution is -2.23. The van der Waals surface area contributed by atoms with Gasteiger partial charge in [0.1, 0.15) is 4.83 Å². The third-order valence-electron chi connectivity index (χ3n) is 3.96. The average molecular weight is 322 g/mol. The summed E-state index contributed by atoms with van der Waals surface area (Å²) >= 11 is 3.47. The predicted octanol–water partition coefficient (Wildman–Crippen LogP) is 4.25. The first-order valence-electron chi connectivity index (χ1n) is 7.94. The van der Waals surface area contributed by atoms with E-state index in [9.17, 15) is 4.79 Å². The number of rotatable bonds is 6. The SMILES string of the molecule is CCCCn1c(SCCC)nc2sc3c(c2c1=O)CCC3. The van der Waals surface area contributed by atoms with Crippen molar-refractivity contribution in [3.05, 3.63) is 20.8 Å². The number of aromatic nitrogens is 2. The third kappa shape index (κ3) is 2.78. The van der Waals surface area contributed by atoms with Crippen molar-refractivity contribution in [3.8, 4) is 0 Å². The van der Waals surface area contributed by atoms with Gasteiger partial charge in [-0.1, -0.05) is 32.0 Å². The summed E-state index contributed by atoms with van der Waals surface area (Å²) in [5.74, 6) is 1.02. The van der Waals surface area contributed by atoms with Crippen LogP contribution in [0.15, 0.2) is 9.95 Å². The summed E-state index contributed by atoms with van der Waals surface area (Å²) in [5, 5.41) is 1.84. The van der Waals surface area contributed by atoms with Crippen molar-refractivity contribution in [3.63, 3.8) is 0 Å². The molecule has 0 aromatic carbocycles. The molecule has 0 radical (unpaired) electrons. The quantitative estimate of drug-likeness (QED) is 0.589. The van der Waals surface area contributed by atoms with Crippen molar-refractivity contribution in [1.29, 1.82) is 0 Å². The lowest BCUT2D eigenvalue weighted by Gasteiger charge is -2.11. The first kappa shape index (κ1) is 15.1. The Labute approximate surface area is 133 Å². The maximum Gasteiger partial charge on any atom is 0.263 e. The van der Waals surface area contributed by atoms with Crippen LogP contribution in [0, 0.1) is 0 Å². The Morgan fingerprint density at radius 1 is 1.29 bits per heavy atom. The molecule has 21 heavy (non-hydrogen) atoms. The molecule has 0 spiro atoms. The summed E-state index contributed by atoms with van der Waals surface area (Å²) in [6, 6.07) is 0. The van der Waals surface area contributed by atoms with Crippen LogP contribution in [0.2, 0.25) is 0 Å². The zero-order chi connectivity index (χ0) is 14.8. The van der Waals surface area contributed by atoms with Gasteiger partial charge in [-0.3, -0.25) is 9.36 Å². The number of fused-ring (bicyclic) bond motifs is 3. The van der Waals surface area contributed by atoms with Crippen LogP contribution in [0.4, 0.5) is 0 Å². The average Bonchev–Trinajstić information content (AvgIpc) is 3.04. The molecule has 0 N–H and O–H groups in total. The highest BCUT2D eigenvalue weighted by Crippen LogP contribution is 2.35. The number of hydrogen-bond donors (Lipinski definition) is 0. The van der Waals surface area contributed by atoms with E-state index in [1.807, 2.05) is 4.57 Å². The molecule has 3 rings (SSSR count). The van der Waals surface area contributed by atoms with Crippen LogP contribution in [0.25, 0.3) is 10.2 Å². The van der Waals surface area contributed by atoms with E-state index in [1.54, 1.807) is 23.1 Å². The highest BCUT2D eigenvalue weighted by Gasteiger charge is 2.23. The lowest BCUT2D eigenvalue weighted by molar-refractivity contribution is 0.558. The largest absolute Gasteiger partial charge is 0.287 e. The van der Waals surface area contributed by atoms with E-state index in [0.717, 1.165) is 59.8 Å². The van der Waals surface area contributed by atoms with Gasteiger partial charge in [0, 0.05) is 17.2 Å². The Morgan fingerprint density at radius 2 is 2.14 bits per heavy atom. The number of unbranched alkanes of at least 4 members (excludes halogenated alkanes) is 1. The Balaban J connectivity index is 2.13. The van der Waals surface area contributed by atoms with Crippen LogP contribution in [0.5, 0.6) is 0 Å². The zero-order valence-electron chi connectivity index (χ0n) is 12.8. The smallest absolute Gasteiger partial charge is 0.263 e. The molecule has 5 heteroatoms. The second-order valence-electron chi connectivity index (χ2n) is 5.59. The summed E-state index contributed by atoms with van der Waals surface area (Å²) in [6.07, 6.45) is 6.62. The first-order chi connectivity index (χ1) is 10.3. The molecule has 0 amide bonds. The van der Waals surface area contributed by atoms with Crippen molar-refractivity contribution < 1.29 is 0 Å². The van der Waals surface area contributed by atoms with Crippen LogP contribution < -0.4 is 5.56 Å². The first-order valence-corrected chi connectivity index (χ1v) is 9.74. The van der Waals surface area contributed by atoms with E-state index in [4.69, 9.17) is 4.98 Å². The number of thiophene rings is 1. The van der Waals surface area contributed by atoms with Crippen LogP contribution in [-0.2, 0) is 19.4 Å². The molecule has 0 saturated heterocycles. The summed E-state index contributed by atoms with van der Waals surface area (Å²) in [6.45, 7) is 5.13. The van der Waals surface area contributed by atoms with Crippen molar-refractivity contribution in [2.75, 3.05) is 5.75 Å². The second kappa shape index (κ2) is 6.53. The maximum absolute atomic E-state index is 13.0. The van der Waals surface area contributed by atoms with Crippen LogP contribution in [0.1, 0.15) is 50.0 Å². The van der Waals surface area contributed by atoms with Gasteiger partial charge in [0.2, 0.25) is 0 Å². The van der Waals surface area contributed by atoms with Crippen molar-refractivity contribution in [2.45, 2.75) is 64.1 Å². The van der Waals surface area contributed by atoms with Gasteiger partial charge in [0.05, 0.1) is 5.39 Å². The normalized spacial score (nSPS) is 14.0. The van der Waals surface area contributed by atoms with Crippen molar-refractivity contribution in [1.82, 2.24) is 9.55 Å². The van der Waals surface area contributed by atoms with Gasteiger partial charge in [0.25, 0.3) is 5.56 Å². The van der Waals surface area contributed by atoms with Gasteiger partial charge in [-0.2, -0.15) is 0 Å². The number of nitrogens with zero attached hydrogens (tertiary/aromatic N) is 2. The van der Waals surface area contributed by atoms with Crippen LogP contribution in [0.3, 0.4) is 0 Å². The summed E-state index contributed by atoms with van der Waals surface area (Å²) in [7, 11) is 0. The fourth-order valence-corrected chi connectivity index (χ4v) is 5.06. The molecule has 0 unspecified atom stereocenters. The van der Waals surface area contributed by atoms with Gasteiger partial charge in [-0.05, 0) is 37.7 Å². The van der Waals surface area contributed by atoms with Gasteiger partial charge in [-0.15, -0.1) is 11.3 Å². The minimum Gasteiger partial charge on any atom is -0.287 e. The minimum atomic E-state index is 0.200.